The lowest BCUT2D eigenvalue weighted by Crippen LogP contribution is -2.17. The first-order valence-corrected chi connectivity index (χ1v) is 6.84. The summed E-state index contributed by atoms with van der Waals surface area (Å²) >= 11 is 0. The first-order chi connectivity index (χ1) is 9.10. The summed E-state index contributed by atoms with van der Waals surface area (Å²) in [4.78, 5) is 0. The van der Waals surface area contributed by atoms with Gasteiger partial charge in [0.1, 0.15) is 0 Å². The number of rotatable bonds is 5. The maximum Gasteiger partial charge on any atom is 0.0605 e. The van der Waals surface area contributed by atoms with E-state index in [0.29, 0.717) is 5.92 Å². The van der Waals surface area contributed by atoms with Crippen LogP contribution in [-0.4, -0.2) is 16.8 Å². The molecule has 1 unspecified atom stereocenters. The zero-order chi connectivity index (χ0) is 13.8. The van der Waals surface area contributed by atoms with Crippen LogP contribution in [0, 0.1) is 5.92 Å². The summed E-state index contributed by atoms with van der Waals surface area (Å²) < 4.78 is 1.84. The summed E-state index contributed by atoms with van der Waals surface area (Å²) in [7, 11) is 3.94. The van der Waals surface area contributed by atoms with Gasteiger partial charge in [0.2, 0.25) is 0 Å². The Kier molecular flexibility index (Phi) is 4.38. The number of aromatic nitrogens is 2. The molecule has 0 bridgehead atoms. The van der Waals surface area contributed by atoms with Crippen molar-refractivity contribution in [3.63, 3.8) is 0 Å². The molecular formula is C16H23N3. The molecule has 0 spiro atoms. The van der Waals surface area contributed by atoms with E-state index in [1.54, 1.807) is 0 Å². The third-order valence-corrected chi connectivity index (χ3v) is 3.28. The Bertz CT molecular complexity index is 528. The molecule has 0 amide bonds. The van der Waals surface area contributed by atoms with Gasteiger partial charge in [0, 0.05) is 18.8 Å². The highest BCUT2D eigenvalue weighted by molar-refractivity contribution is 5.32. The molecule has 0 aliphatic rings. The van der Waals surface area contributed by atoms with Crippen LogP contribution in [0.5, 0.6) is 0 Å². The van der Waals surface area contributed by atoms with Crippen molar-refractivity contribution >= 4 is 0 Å². The molecule has 3 heteroatoms. The quantitative estimate of drug-likeness (QED) is 0.892. The van der Waals surface area contributed by atoms with E-state index < -0.39 is 0 Å². The first kappa shape index (κ1) is 13.8. The molecule has 3 nitrogen and oxygen atoms in total. The lowest BCUT2D eigenvalue weighted by Gasteiger charge is -2.16. The topological polar surface area (TPSA) is 29.9 Å². The van der Waals surface area contributed by atoms with Crippen LogP contribution >= 0.6 is 0 Å². The van der Waals surface area contributed by atoms with Gasteiger partial charge < -0.3 is 5.32 Å². The van der Waals surface area contributed by atoms with Gasteiger partial charge in [0.05, 0.1) is 12.2 Å². The first-order valence-electron chi connectivity index (χ1n) is 6.84. The van der Waals surface area contributed by atoms with E-state index >= 15 is 0 Å². The second-order valence-electron chi connectivity index (χ2n) is 5.51. The molecule has 1 heterocycles. The van der Waals surface area contributed by atoms with E-state index in [1.807, 2.05) is 25.0 Å². The number of nitrogens with zero attached hydrogens (tertiary/aromatic N) is 2. The van der Waals surface area contributed by atoms with Crippen LogP contribution in [0.25, 0.3) is 0 Å². The van der Waals surface area contributed by atoms with Gasteiger partial charge in [-0.1, -0.05) is 38.1 Å². The molecule has 2 aromatic rings. The number of aryl methyl sites for hydroxylation is 1. The molecule has 1 aromatic carbocycles. The number of hydrogen-bond acceptors (Lipinski definition) is 2. The molecule has 0 aliphatic carbocycles. The fourth-order valence-electron chi connectivity index (χ4n) is 2.49. The van der Waals surface area contributed by atoms with E-state index in [-0.39, 0.29) is 6.04 Å². The fraction of sp³-hybridized carbons (Fsp3) is 0.438. The summed E-state index contributed by atoms with van der Waals surface area (Å²) in [6, 6.07) is 9.04. The average molecular weight is 257 g/mol. The van der Waals surface area contributed by atoms with Gasteiger partial charge in [-0.3, -0.25) is 4.68 Å². The normalized spacial score (nSPS) is 12.9. The molecule has 0 fully saturated rings. The minimum absolute atomic E-state index is 0.209. The summed E-state index contributed by atoms with van der Waals surface area (Å²) in [5.74, 6) is 0.682. The van der Waals surface area contributed by atoms with Gasteiger partial charge in [-0.15, -0.1) is 0 Å². The fourth-order valence-corrected chi connectivity index (χ4v) is 2.49. The predicted octanol–water partition coefficient (Wildman–Crippen LogP) is 2.93. The summed E-state index contributed by atoms with van der Waals surface area (Å²) in [6.07, 6.45) is 5.11. The SMILES string of the molecule is CNC(c1cccc(CC(C)C)c1)c1cnn(C)c1. The maximum atomic E-state index is 4.26. The number of nitrogens with one attached hydrogen (secondary N) is 1. The molecule has 1 N–H and O–H groups in total. The lowest BCUT2D eigenvalue weighted by molar-refractivity contribution is 0.643. The van der Waals surface area contributed by atoms with Crippen molar-refractivity contribution < 1.29 is 0 Å². The molecule has 2 rings (SSSR count). The Labute approximate surface area is 115 Å². The molecule has 1 aromatic heterocycles. The largest absolute Gasteiger partial charge is 0.309 e. The Morgan fingerprint density at radius 3 is 2.63 bits per heavy atom. The molecule has 0 saturated heterocycles. The van der Waals surface area contributed by atoms with Gasteiger partial charge in [-0.05, 0) is 30.5 Å². The van der Waals surface area contributed by atoms with Crippen LogP contribution in [0.3, 0.4) is 0 Å². The number of benzene rings is 1. The second-order valence-corrected chi connectivity index (χ2v) is 5.51. The Morgan fingerprint density at radius 2 is 2.05 bits per heavy atom. The predicted molar refractivity (Wildman–Crippen MR) is 79.1 cm³/mol. The van der Waals surface area contributed by atoms with Gasteiger partial charge in [0.15, 0.2) is 0 Å². The Balaban J connectivity index is 2.28. The molecule has 102 valence electrons. The van der Waals surface area contributed by atoms with Gasteiger partial charge in [-0.2, -0.15) is 5.10 Å². The standard InChI is InChI=1S/C16H23N3/c1-12(2)8-13-6-5-7-14(9-13)16(17-3)15-10-18-19(4)11-15/h5-7,9-12,16-17H,8H2,1-4H3. The second kappa shape index (κ2) is 6.02. The molecule has 1 atom stereocenters. The van der Waals surface area contributed by atoms with Crippen LogP contribution < -0.4 is 5.32 Å². The maximum absolute atomic E-state index is 4.26. The van der Waals surface area contributed by atoms with Crippen LogP contribution in [0.2, 0.25) is 0 Å². The molecule has 0 aliphatic heterocycles. The minimum atomic E-state index is 0.209. The van der Waals surface area contributed by atoms with Crippen molar-refractivity contribution in [1.82, 2.24) is 15.1 Å². The highest BCUT2D eigenvalue weighted by Gasteiger charge is 2.14. The van der Waals surface area contributed by atoms with Crippen molar-refractivity contribution in [3.8, 4) is 0 Å². The van der Waals surface area contributed by atoms with Crippen molar-refractivity contribution in [2.75, 3.05) is 7.05 Å². The third-order valence-electron chi connectivity index (χ3n) is 3.28. The van der Waals surface area contributed by atoms with Gasteiger partial charge in [-0.25, -0.2) is 0 Å². The smallest absolute Gasteiger partial charge is 0.0605 e. The van der Waals surface area contributed by atoms with Crippen molar-refractivity contribution in [2.45, 2.75) is 26.3 Å². The molecule has 0 saturated carbocycles. The zero-order valence-electron chi connectivity index (χ0n) is 12.2. The monoisotopic (exact) mass is 257 g/mol. The van der Waals surface area contributed by atoms with Crippen molar-refractivity contribution in [3.05, 3.63) is 53.3 Å². The third kappa shape index (κ3) is 3.44. The van der Waals surface area contributed by atoms with E-state index in [0.717, 1.165) is 6.42 Å². The molecule has 0 radical (unpaired) electrons. The Morgan fingerprint density at radius 1 is 1.26 bits per heavy atom. The van der Waals surface area contributed by atoms with Crippen molar-refractivity contribution in [2.24, 2.45) is 13.0 Å². The van der Waals surface area contributed by atoms with Crippen LogP contribution in [0.4, 0.5) is 0 Å². The van der Waals surface area contributed by atoms with Gasteiger partial charge >= 0.3 is 0 Å². The van der Waals surface area contributed by atoms with E-state index in [1.165, 1.54) is 16.7 Å². The van der Waals surface area contributed by atoms with Crippen molar-refractivity contribution in [1.29, 1.82) is 0 Å². The Hall–Kier alpha value is -1.61. The zero-order valence-corrected chi connectivity index (χ0v) is 12.2. The van der Waals surface area contributed by atoms with E-state index in [9.17, 15) is 0 Å². The van der Waals surface area contributed by atoms with Crippen LogP contribution in [0.1, 0.15) is 36.6 Å². The average Bonchev–Trinajstić information content (AvgIpc) is 2.76. The summed E-state index contributed by atoms with van der Waals surface area (Å²) in [6.45, 7) is 4.51. The molecular weight excluding hydrogens is 234 g/mol. The highest BCUT2D eigenvalue weighted by atomic mass is 15.2. The van der Waals surface area contributed by atoms with E-state index in [2.05, 4.69) is 54.7 Å². The van der Waals surface area contributed by atoms with Gasteiger partial charge in [0.25, 0.3) is 0 Å². The number of hydrogen-bond donors (Lipinski definition) is 1. The molecule has 19 heavy (non-hydrogen) atoms. The lowest BCUT2D eigenvalue weighted by atomic mass is 9.96. The van der Waals surface area contributed by atoms with Crippen LogP contribution in [-0.2, 0) is 13.5 Å². The summed E-state index contributed by atoms with van der Waals surface area (Å²) in [5, 5.41) is 7.63. The van der Waals surface area contributed by atoms with E-state index in [4.69, 9.17) is 0 Å². The highest BCUT2D eigenvalue weighted by Crippen LogP contribution is 2.22. The minimum Gasteiger partial charge on any atom is -0.309 e. The summed E-state index contributed by atoms with van der Waals surface area (Å²) in [5.41, 5.74) is 3.90. The van der Waals surface area contributed by atoms with Crippen LogP contribution in [0.15, 0.2) is 36.7 Å².